The minimum atomic E-state index is -0.792. The molecule has 0 amide bonds. The van der Waals surface area contributed by atoms with Gasteiger partial charge in [0, 0.05) is 10.0 Å². The summed E-state index contributed by atoms with van der Waals surface area (Å²) in [6.45, 7) is 13.3. The zero-order chi connectivity index (χ0) is 38.5. The molecule has 0 spiro atoms. The molecule has 2 aliphatic heterocycles. The van der Waals surface area contributed by atoms with Gasteiger partial charge in [0.15, 0.2) is 0 Å². The summed E-state index contributed by atoms with van der Waals surface area (Å²) in [5.41, 5.74) is 5.72. The third kappa shape index (κ3) is 7.12. The monoisotopic (exact) mass is 752 g/mol. The van der Waals surface area contributed by atoms with Crippen molar-refractivity contribution in [1.29, 1.82) is 0 Å². The molecule has 2 heterocycles. The predicted molar refractivity (Wildman–Crippen MR) is 213 cm³/mol. The average Bonchev–Trinajstić information content (AvgIpc) is 3.11. The smallest absolute Gasteiger partial charge is 0.342 e. The van der Waals surface area contributed by atoms with Crippen molar-refractivity contribution in [2.45, 2.75) is 85.9 Å². The van der Waals surface area contributed by atoms with Crippen LogP contribution in [0.3, 0.4) is 0 Å². The first-order valence-corrected chi connectivity index (χ1v) is 18.8. The molecule has 2 atom stereocenters. The predicted octanol–water partition coefficient (Wildman–Crippen LogP) is 12.0. The van der Waals surface area contributed by atoms with Gasteiger partial charge in [-0.15, -0.1) is 0 Å². The summed E-state index contributed by atoms with van der Waals surface area (Å²) in [5.74, 6) is -0.675. The minimum Gasteiger partial charge on any atom is -0.511 e. The summed E-state index contributed by atoms with van der Waals surface area (Å²) in [5, 5.41) is 23.4. The van der Waals surface area contributed by atoms with Crippen molar-refractivity contribution in [2.75, 3.05) is 0 Å². The Balaban J connectivity index is 0.000000182. The van der Waals surface area contributed by atoms with Crippen LogP contribution in [0.2, 0.25) is 10.0 Å². The summed E-state index contributed by atoms with van der Waals surface area (Å²) in [6, 6.07) is 26.9. The topological polar surface area (TPSA) is 93.1 Å². The van der Waals surface area contributed by atoms with Crippen molar-refractivity contribution in [3.05, 3.63) is 129 Å². The molecule has 3 aliphatic rings. The number of cyclic esters (lactones) is 1. The van der Waals surface area contributed by atoms with Crippen molar-refractivity contribution in [3.63, 3.8) is 0 Å². The SMILES string of the molecule is Cc1ccc(-c2ccc(Cl)cc2)cc1C1=C(O)C(C)(C)C(C)(C)OC1=O.Cc1ccc(-c2ccc(Cl)cc2)cc1C1=C(O)C2(C)CCCCC2OC1=O. The van der Waals surface area contributed by atoms with E-state index in [0.29, 0.717) is 21.2 Å². The number of fused-ring (bicyclic) bond motifs is 1. The van der Waals surface area contributed by atoms with Gasteiger partial charge in [-0.05, 0) is 149 Å². The lowest BCUT2D eigenvalue weighted by Gasteiger charge is -2.44. The molecule has 7 rings (SSSR count). The van der Waals surface area contributed by atoms with E-state index in [1.807, 2.05) is 133 Å². The lowest BCUT2D eigenvalue weighted by Crippen LogP contribution is -2.48. The Bertz CT molecular complexity index is 2140. The number of aryl methyl sites for hydroxylation is 2. The fourth-order valence-electron chi connectivity index (χ4n) is 7.34. The summed E-state index contributed by atoms with van der Waals surface area (Å²) < 4.78 is 11.4. The Kier molecular flexibility index (Phi) is 10.4. The van der Waals surface area contributed by atoms with Crippen LogP contribution in [-0.4, -0.2) is 33.9 Å². The maximum atomic E-state index is 12.8. The van der Waals surface area contributed by atoms with E-state index in [1.165, 1.54) is 0 Å². The van der Waals surface area contributed by atoms with E-state index in [4.69, 9.17) is 32.7 Å². The van der Waals surface area contributed by atoms with Crippen LogP contribution in [0.25, 0.3) is 33.4 Å². The Morgan fingerprint density at radius 2 is 1.08 bits per heavy atom. The first-order valence-electron chi connectivity index (χ1n) is 18.0. The normalized spacial score (nSPS) is 21.9. The summed E-state index contributed by atoms with van der Waals surface area (Å²) in [4.78, 5) is 25.5. The van der Waals surface area contributed by atoms with Gasteiger partial charge >= 0.3 is 11.9 Å². The largest absolute Gasteiger partial charge is 0.511 e. The minimum absolute atomic E-state index is 0.0649. The molecule has 4 aromatic rings. The summed E-state index contributed by atoms with van der Waals surface area (Å²) >= 11 is 12.0. The van der Waals surface area contributed by atoms with Crippen LogP contribution in [0.5, 0.6) is 0 Å². The Morgan fingerprint density at radius 1 is 0.623 bits per heavy atom. The molecule has 1 aliphatic carbocycles. The molecule has 4 aromatic carbocycles. The molecule has 8 heteroatoms. The van der Waals surface area contributed by atoms with Gasteiger partial charge in [0.25, 0.3) is 0 Å². The molecular weight excluding hydrogens is 707 g/mol. The fourth-order valence-corrected chi connectivity index (χ4v) is 7.59. The maximum absolute atomic E-state index is 12.8. The molecule has 0 bridgehead atoms. The number of hydrogen-bond donors (Lipinski definition) is 2. The highest BCUT2D eigenvalue weighted by Gasteiger charge is 2.51. The van der Waals surface area contributed by atoms with Crippen molar-refractivity contribution < 1.29 is 29.3 Å². The number of rotatable bonds is 4. The third-order valence-corrected chi connectivity index (χ3v) is 12.1. The number of carbonyl (C=O) groups excluding carboxylic acids is 2. The van der Waals surface area contributed by atoms with Crippen molar-refractivity contribution in [3.8, 4) is 22.3 Å². The maximum Gasteiger partial charge on any atom is 0.342 e. The molecule has 276 valence electrons. The molecule has 2 N–H and O–H groups in total. The van der Waals surface area contributed by atoms with Gasteiger partial charge in [-0.3, -0.25) is 0 Å². The zero-order valence-electron chi connectivity index (χ0n) is 31.3. The van der Waals surface area contributed by atoms with E-state index in [2.05, 4.69) is 0 Å². The number of carbonyl (C=O) groups is 2. The van der Waals surface area contributed by atoms with E-state index in [0.717, 1.165) is 64.6 Å². The number of aliphatic hydroxyl groups is 2. The molecule has 1 fully saturated rings. The van der Waals surface area contributed by atoms with Crippen molar-refractivity contribution in [2.24, 2.45) is 10.8 Å². The van der Waals surface area contributed by atoms with E-state index >= 15 is 0 Å². The van der Waals surface area contributed by atoms with Gasteiger partial charge in [0.1, 0.15) is 34.4 Å². The Labute approximate surface area is 322 Å². The van der Waals surface area contributed by atoms with Crippen molar-refractivity contribution >= 4 is 46.3 Å². The van der Waals surface area contributed by atoms with Crippen LogP contribution in [0.15, 0.2) is 96.4 Å². The lowest BCUT2D eigenvalue weighted by molar-refractivity contribution is -0.164. The fraction of sp³-hybridized carbons (Fsp3) is 0.333. The number of hydrogen-bond acceptors (Lipinski definition) is 6. The highest BCUT2D eigenvalue weighted by atomic mass is 35.5. The number of benzene rings is 4. The third-order valence-electron chi connectivity index (χ3n) is 11.6. The van der Waals surface area contributed by atoms with Gasteiger partial charge in [-0.1, -0.05) is 78.2 Å². The lowest BCUT2D eigenvalue weighted by atomic mass is 9.69. The van der Waals surface area contributed by atoms with Crippen LogP contribution < -0.4 is 0 Å². The van der Waals surface area contributed by atoms with Crippen molar-refractivity contribution in [1.82, 2.24) is 0 Å². The number of halogens is 2. The first-order chi connectivity index (χ1) is 24.9. The van der Waals surface area contributed by atoms with Crippen LogP contribution in [-0.2, 0) is 19.1 Å². The molecule has 0 aromatic heterocycles. The number of ether oxygens (including phenoxy) is 2. The number of aliphatic hydroxyl groups excluding tert-OH is 2. The quantitative estimate of drug-likeness (QED) is 0.202. The van der Waals surface area contributed by atoms with Gasteiger partial charge < -0.3 is 19.7 Å². The highest BCUT2D eigenvalue weighted by Crippen LogP contribution is 2.50. The molecule has 1 saturated carbocycles. The van der Waals surface area contributed by atoms with Crippen LogP contribution in [0, 0.1) is 24.7 Å². The molecule has 2 unspecified atom stereocenters. The number of esters is 2. The summed E-state index contributed by atoms with van der Waals surface area (Å²) in [6.07, 6.45) is 3.47. The van der Waals surface area contributed by atoms with E-state index in [1.54, 1.807) is 0 Å². The van der Waals surface area contributed by atoms with E-state index in [-0.39, 0.29) is 23.2 Å². The molecule has 0 saturated heterocycles. The highest BCUT2D eigenvalue weighted by molar-refractivity contribution is 6.31. The molecular formula is C45H46Cl2O6. The van der Waals surface area contributed by atoms with Gasteiger partial charge in [0.05, 0.1) is 10.8 Å². The van der Waals surface area contributed by atoms with E-state index < -0.39 is 28.4 Å². The van der Waals surface area contributed by atoms with Gasteiger partial charge in [-0.25, -0.2) is 9.59 Å². The zero-order valence-corrected chi connectivity index (χ0v) is 32.8. The Hall–Kier alpha value is -4.52. The first kappa shape index (κ1) is 38.2. The summed E-state index contributed by atoms with van der Waals surface area (Å²) in [7, 11) is 0. The average molecular weight is 754 g/mol. The Morgan fingerprint density at radius 3 is 1.57 bits per heavy atom. The van der Waals surface area contributed by atoms with Gasteiger partial charge in [-0.2, -0.15) is 0 Å². The second-order valence-electron chi connectivity index (χ2n) is 15.6. The van der Waals surface area contributed by atoms with E-state index in [9.17, 15) is 19.8 Å². The van der Waals surface area contributed by atoms with Gasteiger partial charge in [0.2, 0.25) is 0 Å². The second kappa shape index (κ2) is 14.4. The van der Waals surface area contributed by atoms with Crippen LogP contribution >= 0.6 is 23.2 Å². The van der Waals surface area contributed by atoms with Crippen LogP contribution in [0.4, 0.5) is 0 Å². The van der Waals surface area contributed by atoms with Crippen LogP contribution in [0.1, 0.15) is 82.6 Å². The molecule has 53 heavy (non-hydrogen) atoms. The standard InChI is InChI=1S/C23H23ClO3.C22H23ClO3/c1-14-6-7-16(15-8-10-17(24)11-9-15)13-18(14)20-21(25)23(2)12-4-3-5-19(23)27-22(20)26;1-13-6-7-15(14-8-10-16(23)11-9-14)12-17(13)18-19(24)21(2,3)22(4,5)26-20(18)25/h6-11,13,19,25H,3-5,12H2,1-2H3;6-12,24H,1-5H3. The molecule has 0 radical (unpaired) electrons. The second-order valence-corrected chi connectivity index (χ2v) is 16.5. The molecule has 6 nitrogen and oxygen atoms in total.